The molecule has 0 unspecified atom stereocenters. The third-order valence-corrected chi connectivity index (χ3v) is 2.82. The summed E-state index contributed by atoms with van der Waals surface area (Å²) in [5, 5.41) is 22.1. The highest BCUT2D eigenvalue weighted by Gasteiger charge is 2.14. The molecule has 5 heteroatoms. The second-order valence-corrected chi connectivity index (χ2v) is 4.22. The SMILES string of the molecule is Cc1nn(C)c(Oc2ccc(CCO)cc2)c1C#N. The van der Waals surface area contributed by atoms with Crippen LogP contribution in [0.2, 0.25) is 0 Å². The molecule has 2 aromatic rings. The Bertz CT molecular complexity index is 609. The number of hydrogen-bond acceptors (Lipinski definition) is 4. The van der Waals surface area contributed by atoms with Gasteiger partial charge < -0.3 is 9.84 Å². The Balaban J connectivity index is 2.24. The number of aliphatic hydroxyl groups is 1. The third kappa shape index (κ3) is 2.75. The van der Waals surface area contributed by atoms with Crippen LogP contribution in [0.1, 0.15) is 16.8 Å². The van der Waals surface area contributed by atoms with Gasteiger partial charge in [0.25, 0.3) is 0 Å². The zero-order chi connectivity index (χ0) is 13.8. The second kappa shape index (κ2) is 5.55. The van der Waals surface area contributed by atoms with Crippen molar-refractivity contribution in [3.8, 4) is 17.7 Å². The van der Waals surface area contributed by atoms with E-state index in [2.05, 4.69) is 11.2 Å². The summed E-state index contributed by atoms with van der Waals surface area (Å²) in [6.45, 7) is 1.90. The van der Waals surface area contributed by atoms with Gasteiger partial charge in [0.15, 0.2) is 0 Å². The summed E-state index contributed by atoms with van der Waals surface area (Å²) in [4.78, 5) is 0. The quantitative estimate of drug-likeness (QED) is 0.908. The van der Waals surface area contributed by atoms with Crippen molar-refractivity contribution in [2.75, 3.05) is 6.61 Å². The lowest BCUT2D eigenvalue weighted by atomic mass is 10.1. The first-order chi connectivity index (χ1) is 9.15. The van der Waals surface area contributed by atoms with Gasteiger partial charge in [0.05, 0.1) is 5.69 Å². The van der Waals surface area contributed by atoms with E-state index in [0.717, 1.165) is 5.56 Å². The summed E-state index contributed by atoms with van der Waals surface area (Å²) in [6.07, 6.45) is 0.620. The Morgan fingerprint density at radius 1 is 1.37 bits per heavy atom. The van der Waals surface area contributed by atoms with Crippen LogP contribution in [0.4, 0.5) is 0 Å². The topological polar surface area (TPSA) is 71.1 Å². The van der Waals surface area contributed by atoms with Crippen LogP contribution in [0.5, 0.6) is 11.6 Å². The van der Waals surface area contributed by atoms with Crippen molar-refractivity contribution in [1.82, 2.24) is 9.78 Å². The Morgan fingerprint density at radius 2 is 2.05 bits per heavy atom. The first-order valence-electron chi connectivity index (χ1n) is 5.97. The molecule has 0 bridgehead atoms. The largest absolute Gasteiger partial charge is 0.438 e. The molecule has 0 fully saturated rings. The highest BCUT2D eigenvalue weighted by Crippen LogP contribution is 2.26. The molecular weight excluding hydrogens is 242 g/mol. The molecule has 0 aliphatic carbocycles. The summed E-state index contributed by atoms with van der Waals surface area (Å²) in [5.41, 5.74) is 2.13. The number of nitrogens with zero attached hydrogens (tertiary/aromatic N) is 3. The molecule has 98 valence electrons. The fraction of sp³-hybridized carbons (Fsp3) is 0.286. The van der Waals surface area contributed by atoms with Crippen molar-refractivity contribution in [2.45, 2.75) is 13.3 Å². The molecular formula is C14H15N3O2. The molecule has 1 aromatic heterocycles. The maximum atomic E-state index is 9.09. The van der Waals surface area contributed by atoms with Gasteiger partial charge in [-0.05, 0) is 31.0 Å². The zero-order valence-electron chi connectivity index (χ0n) is 10.9. The molecule has 0 aliphatic heterocycles. The monoisotopic (exact) mass is 257 g/mol. The molecule has 19 heavy (non-hydrogen) atoms. The van der Waals surface area contributed by atoms with Crippen molar-refractivity contribution < 1.29 is 9.84 Å². The number of benzene rings is 1. The van der Waals surface area contributed by atoms with Crippen LogP contribution in [-0.4, -0.2) is 21.5 Å². The van der Waals surface area contributed by atoms with E-state index >= 15 is 0 Å². The molecule has 0 atom stereocenters. The maximum Gasteiger partial charge on any atom is 0.235 e. The Hall–Kier alpha value is -2.32. The molecule has 0 saturated carbocycles. The van der Waals surface area contributed by atoms with Crippen molar-refractivity contribution in [1.29, 1.82) is 5.26 Å². The van der Waals surface area contributed by atoms with E-state index in [9.17, 15) is 0 Å². The van der Waals surface area contributed by atoms with Crippen molar-refractivity contribution in [3.05, 3.63) is 41.1 Å². The molecule has 1 aromatic carbocycles. The fourth-order valence-corrected chi connectivity index (χ4v) is 1.85. The average Bonchev–Trinajstić information content (AvgIpc) is 2.66. The van der Waals surface area contributed by atoms with Crippen LogP contribution in [0.25, 0.3) is 0 Å². The number of aliphatic hydroxyl groups excluding tert-OH is 1. The molecule has 0 spiro atoms. The van der Waals surface area contributed by atoms with E-state index in [-0.39, 0.29) is 6.61 Å². The summed E-state index contributed by atoms with van der Waals surface area (Å²) < 4.78 is 7.25. The average molecular weight is 257 g/mol. The van der Waals surface area contributed by atoms with Gasteiger partial charge in [0.2, 0.25) is 5.88 Å². The molecule has 0 radical (unpaired) electrons. The van der Waals surface area contributed by atoms with Crippen LogP contribution < -0.4 is 4.74 Å². The predicted molar refractivity (Wildman–Crippen MR) is 70.0 cm³/mol. The highest BCUT2D eigenvalue weighted by molar-refractivity contribution is 5.44. The summed E-state index contributed by atoms with van der Waals surface area (Å²) in [6, 6.07) is 9.50. The van der Waals surface area contributed by atoms with E-state index in [1.165, 1.54) is 0 Å². The number of aryl methyl sites for hydroxylation is 2. The summed E-state index contributed by atoms with van der Waals surface area (Å²) in [5.74, 6) is 1.08. The second-order valence-electron chi connectivity index (χ2n) is 4.22. The van der Waals surface area contributed by atoms with Gasteiger partial charge in [0, 0.05) is 13.7 Å². The number of ether oxygens (including phenoxy) is 1. The first-order valence-corrected chi connectivity index (χ1v) is 5.97. The van der Waals surface area contributed by atoms with Crippen molar-refractivity contribution >= 4 is 0 Å². The van der Waals surface area contributed by atoms with Gasteiger partial charge in [-0.25, -0.2) is 4.68 Å². The van der Waals surface area contributed by atoms with Crippen molar-refractivity contribution in [3.63, 3.8) is 0 Å². The summed E-state index contributed by atoms with van der Waals surface area (Å²) >= 11 is 0. The maximum absolute atomic E-state index is 9.09. The number of nitriles is 1. The van der Waals surface area contributed by atoms with E-state index in [4.69, 9.17) is 15.1 Å². The van der Waals surface area contributed by atoms with Gasteiger partial charge >= 0.3 is 0 Å². The van der Waals surface area contributed by atoms with Crippen molar-refractivity contribution in [2.24, 2.45) is 7.05 Å². The molecule has 1 heterocycles. The lowest BCUT2D eigenvalue weighted by Crippen LogP contribution is -1.96. The minimum absolute atomic E-state index is 0.125. The fourth-order valence-electron chi connectivity index (χ4n) is 1.85. The molecule has 2 rings (SSSR count). The predicted octanol–water partition coefficient (Wildman–Crippen LogP) is 1.93. The number of hydrogen-bond donors (Lipinski definition) is 1. The molecule has 0 saturated heterocycles. The normalized spacial score (nSPS) is 10.2. The van der Waals surface area contributed by atoms with E-state index in [1.807, 2.05) is 24.3 Å². The van der Waals surface area contributed by atoms with Crippen LogP contribution in [0.15, 0.2) is 24.3 Å². The highest BCUT2D eigenvalue weighted by atomic mass is 16.5. The number of rotatable bonds is 4. The molecule has 0 amide bonds. The Morgan fingerprint density at radius 3 is 2.63 bits per heavy atom. The van der Waals surface area contributed by atoms with Crippen LogP contribution >= 0.6 is 0 Å². The molecule has 1 N–H and O–H groups in total. The van der Waals surface area contributed by atoms with E-state index in [1.54, 1.807) is 18.7 Å². The van der Waals surface area contributed by atoms with Gasteiger partial charge in [-0.15, -0.1) is 0 Å². The van der Waals surface area contributed by atoms with Crippen LogP contribution in [0, 0.1) is 18.3 Å². The Labute approximate surface area is 111 Å². The van der Waals surface area contributed by atoms with Gasteiger partial charge in [-0.2, -0.15) is 10.4 Å². The van der Waals surface area contributed by atoms with Gasteiger partial charge in [0.1, 0.15) is 17.4 Å². The minimum atomic E-state index is 0.125. The molecule has 5 nitrogen and oxygen atoms in total. The smallest absolute Gasteiger partial charge is 0.235 e. The standard InChI is InChI=1S/C14H15N3O2/c1-10-13(9-15)14(17(2)16-10)19-12-5-3-11(4-6-12)7-8-18/h3-6,18H,7-8H2,1-2H3. The number of aromatic nitrogens is 2. The first kappa shape index (κ1) is 13.1. The van der Waals surface area contributed by atoms with Gasteiger partial charge in [-0.1, -0.05) is 12.1 Å². The third-order valence-electron chi connectivity index (χ3n) is 2.82. The van der Waals surface area contributed by atoms with Gasteiger partial charge in [-0.3, -0.25) is 0 Å². The summed E-state index contributed by atoms with van der Waals surface area (Å²) in [7, 11) is 1.74. The minimum Gasteiger partial charge on any atom is -0.438 e. The van der Waals surface area contributed by atoms with E-state index < -0.39 is 0 Å². The van der Waals surface area contributed by atoms with Crippen LogP contribution in [-0.2, 0) is 13.5 Å². The zero-order valence-corrected chi connectivity index (χ0v) is 10.9. The molecule has 0 aliphatic rings. The lowest BCUT2D eigenvalue weighted by molar-refractivity contribution is 0.299. The van der Waals surface area contributed by atoms with E-state index in [0.29, 0.717) is 29.3 Å². The van der Waals surface area contributed by atoms with Crippen LogP contribution in [0.3, 0.4) is 0 Å². The lowest BCUT2D eigenvalue weighted by Gasteiger charge is -2.07. The Kier molecular flexibility index (Phi) is 3.83.